The van der Waals surface area contributed by atoms with Crippen molar-refractivity contribution in [3.05, 3.63) is 0 Å². The fourth-order valence-corrected chi connectivity index (χ4v) is 3.55. The Labute approximate surface area is 111 Å². The lowest BCUT2D eigenvalue weighted by Crippen LogP contribution is -2.49. The van der Waals surface area contributed by atoms with Gasteiger partial charge in [-0.2, -0.15) is 4.31 Å². The van der Waals surface area contributed by atoms with Crippen LogP contribution in [0.2, 0.25) is 0 Å². The number of ether oxygens (including phenoxy) is 1. The third-order valence-electron chi connectivity index (χ3n) is 3.28. The maximum Gasteiger partial charge on any atom is 0.218 e. The maximum absolute atomic E-state index is 12.4. The molecule has 108 valence electrons. The highest BCUT2D eigenvalue weighted by Crippen LogP contribution is 2.15. The summed E-state index contributed by atoms with van der Waals surface area (Å²) in [7, 11) is -3.19. The van der Waals surface area contributed by atoms with Crippen molar-refractivity contribution in [1.82, 2.24) is 9.62 Å². The molecular weight excluding hydrogens is 252 g/mol. The topological polar surface area (TPSA) is 58.6 Å². The van der Waals surface area contributed by atoms with Gasteiger partial charge in [-0.25, -0.2) is 8.42 Å². The third kappa shape index (κ3) is 4.19. The van der Waals surface area contributed by atoms with E-state index in [1.165, 1.54) is 0 Å². The van der Waals surface area contributed by atoms with E-state index in [1.807, 2.05) is 6.92 Å². The largest absolute Gasteiger partial charge is 0.375 e. The summed E-state index contributed by atoms with van der Waals surface area (Å²) in [6, 6.07) is 0. The lowest BCUT2D eigenvalue weighted by Gasteiger charge is -2.33. The highest BCUT2D eigenvalue weighted by Gasteiger charge is 2.32. The van der Waals surface area contributed by atoms with Crippen molar-refractivity contribution >= 4 is 10.0 Å². The minimum Gasteiger partial charge on any atom is -0.375 e. The Kier molecular flexibility index (Phi) is 6.55. The van der Waals surface area contributed by atoms with Crippen molar-refractivity contribution < 1.29 is 13.2 Å². The van der Waals surface area contributed by atoms with Crippen molar-refractivity contribution in [2.45, 2.75) is 45.0 Å². The van der Waals surface area contributed by atoms with Gasteiger partial charge in [0.1, 0.15) is 0 Å². The molecule has 18 heavy (non-hydrogen) atoms. The number of rotatable bonds is 7. The van der Waals surface area contributed by atoms with Crippen molar-refractivity contribution in [3.8, 4) is 0 Å². The van der Waals surface area contributed by atoms with Crippen LogP contribution < -0.4 is 5.32 Å². The maximum atomic E-state index is 12.4. The van der Waals surface area contributed by atoms with E-state index in [-0.39, 0.29) is 11.4 Å². The molecule has 0 aromatic heterocycles. The van der Waals surface area contributed by atoms with E-state index in [2.05, 4.69) is 12.2 Å². The summed E-state index contributed by atoms with van der Waals surface area (Å²) in [5, 5.41) is 2.79. The average molecular weight is 278 g/mol. The van der Waals surface area contributed by atoms with E-state index in [4.69, 9.17) is 4.74 Å². The molecule has 1 rings (SSSR count). The molecule has 6 heteroatoms. The molecule has 0 aliphatic carbocycles. The van der Waals surface area contributed by atoms with Crippen molar-refractivity contribution in [1.29, 1.82) is 0 Å². The Balaban J connectivity index is 2.55. The molecule has 0 aromatic rings. The Bertz CT molecular complexity index is 332. The molecule has 1 heterocycles. The quantitative estimate of drug-likeness (QED) is 0.700. The summed E-state index contributed by atoms with van der Waals surface area (Å²) >= 11 is 0. The zero-order chi connectivity index (χ0) is 13.6. The summed E-state index contributed by atoms with van der Waals surface area (Å²) in [6.45, 7) is 8.73. The zero-order valence-electron chi connectivity index (χ0n) is 11.7. The van der Waals surface area contributed by atoms with Gasteiger partial charge in [-0.1, -0.05) is 13.8 Å². The number of morpholine rings is 1. The number of sulfonamides is 1. The molecule has 1 N–H and O–H groups in total. The van der Waals surface area contributed by atoms with Crippen LogP contribution >= 0.6 is 0 Å². The Morgan fingerprint density at radius 3 is 2.78 bits per heavy atom. The molecule has 0 amide bonds. The van der Waals surface area contributed by atoms with E-state index in [9.17, 15) is 8.42 Å². The Morgan fingerprint density at radius 1 is 1.44 bits per heavy atom. The van der Waals surface area contributed by atoms with E-state index < -0.39 is 10.0 Å². The molecule has 0 aromatic carbocycles. The van der Waals surface area contributed by atoms with Gasteiger partial charge in [-0.05, 0) is 26.3 Å². The van der Waals surface area contributed by atoms with Crippen LogP contribution in [-0.4, -0.2) is 56.9 Å². The second-order valence-corrected chi connectivity index (χ2v) is 7.17. The van der Waals surface area contributed by atoms with E-state index in [0.29, 0.717) is 26.2 Å². The number of nitrogens with zero attached hydrogens (tertiary/aromatic N) is 1. The first-order chi connectivity index (χ1) is 8.52. The fraction of sp³-hybridized carbons (Fsp3) is 1.00. The van der Waals surface area contributed by atoms with Crippen LogP contribution in [0.1, 0.15) is 33.6 Å². The van der Waals surface area contributed by atoms with Crippen LogP contribution in [-0.2, 0) is 14.8 Å². The van der Waals surface area contributed by atoms with Gasteiger partial charge < -0.3 is 10.1 Å². The van der Waals surface area contributed by atoms with Crippen LogP contribution in [0.15, 0.2) is 0 Å². The molecule has 1 saturated heterocycles. The fourth-order valence-electron chi connectivity index (χ4n) is 2.01. The zero-order valence-corrected chi connectivity index (χ0v) is 12.5. The van der Waals surface area contributed by atoms with Crippen LogP contribution in [0.3, 0.4) is 0 Å². The molecule has 0 bridgehead atoms. The van der Waals surface area contributed by atoms with E-state index >= 15 is 0 Å². The van der Waals surface area contributed by atoms with Crippen molar-refractivity contribution in [2.75, 3.05) is 32.8 Å². The predicted octanol–water partition coefficient (Wildman–Crippen LogP) is 0.815. The van der Waals surface area contributed by atoms with Crippen molar-refractivity contribution in [3.63, 3.8) is 0 Å². The first-order valence-corrected chi connectivity index (χ1v) is 8.34. The number of hydrogen-bond donors (Lipinski definition) is 1. The molecule has 1 fully saturated rings. The second-order valence-electron chi connectivity index (χ2n) is 4.82. The summed E-state index contributed by atoms with van der Waals surface area (Å²) in [4.78, 5) is 0. The summed E-state index contributed by atoms with van der Waals surface area (Å²) < 4.78 is 31.8. The number of nitrogens with one attached hydrogen (secondary N) is 1. The number of hydrogen-bond acceptors (Lipinski definition) is 4. The van der Waals surface area contributed by atoms with Crippen LogP contribution in [0.5, 0.6) is 0 Å². The smallest absolute Gasteiger partial charge is 0.218 e. The molecule has 1 aliphatic rings. The van der Waals surface area contributed by atoms with Crippen molar-refractivity contribution in [2.24, 2.45) is 0 Å². The SMILES string of the molecule is CCCNCC(C)S(=O)(=O)N1CCOC(CC)C1. The van der Waals surface area contributed by atoms with Crippen LogP contribution in [0, 0.1) is 0 Å². The summed E-state index contributed by atoms with van der Waals surface area (Å²) in [6.07, 6.45) is 1.92. The highest BCUT2D eigenvalue weighted by atomic mass is 32.2. The lowest BCUT2D eigenvalue weighted by atomic mass is 10.2. The predicted molar refractivity (Wildman–Crippen MR) is 73.1 cm³/mol. The van der Waals surface area contributed by atoms with Gasteiger partial charge in [0.05, 0.1) is 18.0 Å². The minimum absolute atomic E-state index is 0.0457. The minimum atomic E-state index is -3.19. The standard InChI is InChI=1S/C12H26N2O3S/c1-4-6-13-9-11(3)18(15,16)14-7-8-17-12(5-2)10-14/h11-13H,4-10H2,1-3H3. The average Bonchev–Trinajstić information content (AvgIpc) is 2.39. The van der Waals surface area contributed by atoms with Gasteiger partial charge in [0.25, 0.3) is 0 Å². The molecule has 2 atom stereocenters. The van der Waals surface area contributed by atoms with Gasteiger partial charge in [0.15, 0.2) is 0 Å². The van der Waals surface area contributed by atoms with E-state index in [1.54, 1.807) is 11.2 Å². The third-order valence-corrected chi connectivity index (χ3v) is 5.52. The molecule has 0 radical (unpaired) electrons. The van der Waals surface area contributed by atoms with Crippen LogP contribution in [0.4, 0.5) is 0 Å². The van der Waals surface area contributed by atoms with E-state index in [0.717, 1.165) is 19.4 Å². The Morgan fingerprint density at radius 2 is 2.17 bits per heavy atom. The second kappa shape index (κ2) is 7.43. The van der Waals surface area contributed by atoms with Gasteiger partial charge in [-0.15, -0.1) is 0 Å². The van der Waals surface area contributed by atoms with Gasteiger partial charge in [0, 0.05) is 19.6 Å². The lowest BCUT2D eigenvalue weighted by molar-refractivity contribution is -0.00300. The van der Waals surface area contributed by atoms with Gasteiger partial charge in [0.2, 0.25) is 10.0 Å². The molecule has 2 unspecified atom stereocenters. The monoisotopic (exact) mass is 278 g/mol. The first-order valence-electron chi connectivity index (χ1n) is 6.83. The molecule has 5 nitrogen and oxygen atoms in total. The normalized spacial score (nSPS) is 24.1. The highest BCUT2D eigenvalue weighted by molar-refractivity contribution is 7.89. The molecule has 0 spiro atoms. The molecular formula is C12H26N2O3S. The first kappa shape index (κ1) is 15.9. The van der Waals surface area contributed by atoms with Crippen LogP contribution in [0.25, 0.3) is 0 Å². The molecule has 1 aliphatic heterocycles. The molecule has 0 saturated carbocycles. The van der Waals surface area contributed by atoms with Gasteiger partial charge >= 0.3 is 0 Å². The summed E-state index contributed by atoms with van der Waals surface area (Å²) in [5.41, 5.74) is 0. The van der Waals surface area contributed by atoms with Gasteiger partial charge in [-0.3, -0.25) is 0 Å². The Hall–Kier alpha value is -0.170. The summed E-state index contributed by atoms with van der Waals surface area (Å²) in [5.74, 6) is 0.